The highest BCUT2D eigenvalue weighted by Crippen LogP contribution is 2.24. The number of benzene rings is 1. The van der Waals surface area contributed by atoms with Crippen LogP contribution < -0.4 is 15.4 Å². The number of nitrogens with zero attached hydrogens (tertiary/aromatic N) is 1. The third-order valence-electron chi connectivity index (χ3n) is 3.14. The van der Waals surface area contributed by atoms with Gasteiger partial charge in [0, 0.05) is 13.1 Å². The minimum absolute atomic E-state index is 0.000769. The van der Waals surface area contributed by atoms with Gasteiger partial charge in [0.05, 0.1) is 13.2 Å². The highest BCUT2D eigenvalue weighted by atomic mass is 19.1. The number of rotatable bonds is 5. The molecule has 2 rings (SSSR count). The van der Waals surface area contributed by atoms with Crippen molar-refractivity contribution in [2.45, 2.75) is 13.0 Å². The molecule has 0 radical (unpaired) electrons. The third kappa shape index (κ3) is 3.39. The molecule has 0 aliphatic rings. The molecule has 1 unspecified atom stereocenters. The summed E-state index contributed by atoms with van der Waals surface area (Å²) in [6.45, 7) is 1.87. The average Bonchev–Trinajstić information content (AvgIpc) is 2.50. The normalized spacial score (nSPS) is 11.9. The molecule has 1 aromatic carbocycles. The van der Waals surface area contributed by atoms with E-state index in [1.165, 1.54) is 7.05 Å². The van der Waals surface area contributed by atoms with Crippen molar-refractivity contribution >= 4 is 11.6 Å². The second-order valence-electron chi connectivity index (χ2n) is 4.54. The summed E-state index contributed by atoms with van der Waals surface area (Å²) in [5.41, 5.74) is 0.937. The molecule has 0 spiro atoms. The second kappa shape index (κ2) is 6.39. The van der Waals surface area contributed by atoms with Gasteiger partial charge >= 0.3 is 0 Å². The summed E-state index contributed by atoms with van der Waals surface area (Å²) in [7, 11) is 3.12. The van der Waals surface area contributed by atoms with Crippen LogP contribution in [0, 0.1) is 11.6 Å². The summed E-state index contributed by atoms with van der Waals surface area (Å²) in [4.78, 5) is 3.89. The van der Waals surface area contributed by atoms with Crippen LogP contribution >= 0.6 is 0 Å². The number of pyridine rings is 1. The number of aromatic nitrogens is 1. The Labute approximate surface area is 122 Å². The third-order valence-corrected chi connectivity index (χ3v) is 3.14. The topological polar surface area (TPSA) is 46.2 Å². The number of anilines is 2. The van der Waals surface area contributed by atoms with Crippen molar-refractivity contribution in [1.82, 2.24) is 4.98 Å². The smallest absolute Gasteiger partial charge is 0.168 e. The van der Waals surface area contributed by atoms with Crippen molar-refractivity contribution in [2.24, 2.45) is 0 Å². The van der Waals surface area contributed by atoms with Crippen LogP contribution in [0.3, 0.4) is 0 Å². The van der Waals surface area contributed by atoms with Gasteiger partial charge in [-0.05, 0) is 24.6 Å². The first-order valence-electron chi connectivity index (χ1n) is 6.49. The second-order valence-corrected chi connectivity index (χ2v) is 4.54. The Balaban J connectivity index is 2.20. The summed E-state index contributed by atoms with van der Waals surface area (Å²) >= 11 is 0. The molecule has 6 heteroatoms. The Hall–Kier alpha value is -2.37. The van der Waals surface area contributed by atoms with E-state index in [0.717, 1.165) is 17.4 Å². The Morgan fingerprint density at radius 1 is 1.10 bits per heavy atom. The van der Waals surface area contributed by atoms with Crippen LogP contribution in [-0.2, 0) is 0 Å². The molecule has 0 aliphatic heterocycles. The van der Waals surface area contributed by atoms with Crippen LogP contribution in [0.4, 0.5) is 20.4 Å². The molecule has 1 heterocycles. The SMILES string of the molecule is CNc1nc(NC(C)c2ccc(OC)cc2)c(F)cc1F. The Morgan fingerprint density at radius 2 is 1.71 bits per heavy atom. The van der Waals surface area contributed by atoms with E-state index in [9.17, 15) is 8.78 Å². The number of methoxy groups -OCH3 is 1. The molecule has 0 bridgehead atoms. The molecule has 0 fully saturated rings. The summed E-state index contributed by atoms with van der Waals surface area (Å²) < 4.78 is 32.2. The number of ether oxygens (including phenoxy) is 1. The lowest BCUT2D eigenvalue weighted by Gasteiger charge is -2.16. The van der Waals surface area contributed by atoms with E-state index in [2.05, 4.69) is 15.6 Å². The molecule has 21 heavy (non-hydrogen) atoms. The molecule has 0 saturated heterocycles. The summed E-state index contributed by atoms with van der Waals surface area (Å²) in [6.07, 6.45) is 0. The molecular weight excluding hydrogens is 276 g/mol. The largest absolute Gasteiger partial charge is 0.497 e. The highest BCUT2D eigenvalue weighted by molar-refractivity contribution is 5.48. The number of hydrogen-bond donors (Lipinski definition) is 2. The zero-order chi connectivity index (χ0) is 15.4. The molecular formula is C15H17F2N3O. The molecule has 2 aromatic rings. The quantitative estimate of drug-likeness (QED) is 0.884. The van der Waals surface area contributed by atoms with Crippen molar-refractivity contribution in [3.63, 3.8) is 0 Å². The minimum atomic E-state index is -0.730. The molecule has 1 atom stereocenters. The molecule has 112 valence electrons. The van der Waals surface area contributed by atoms with E-state index >= 15 is 0 Å². The van der Waals surface area contributed by atoms with Gasteiger partial charge in [-0.1, -0.05) is 12.1 Å². The Kier molecular flexibility index (Phi) is 4.57. The first-order chi connectivity index (χ1) is 10.0. The number of nitrogens with one attached hydrogen (secondary N) is 2. The summed E-state index contributed by atoms with van der Waals surface area (Å²) in [6, 6.07) is 8.01. The minimum Gasteiger partial charge on any atom is -0.497 e. The first kappa shape index (κ1) is 15.0. The Bertz CT molecular complexity index is 617. The summed E-state index contributed by atoms with van der Waals surface area (Å²) in [5, 5.41) is 5.51. The van der Waals surface area contributed by atoms with E-state index < -0.39 is 11.6 Å². The standard InChI is InChI=1S/C15H17F2N3O/c1-9(10-4-6-11(21-3)7-5-10)19-15-13(17)8-12(16)14(18-2)20-15/h4-9H,1-3H3,(H2,18,19,20). The van der Waals surface area contributed by atoms with Crippen LogP contribution in [0.2, 0.25) is 0 Å². The van der Waals surface area contributed by atoms with Gasteiger partial charge in [0.1, 0.15) is 5.75 Å². The van der Waals surface area contributed by atoms with E-state index in [1.807, 2.05) is 31.2 Å². The summed E-state index contributed by atoms with van der Waals surface area (Å²) in [5.74, 6) is -0.705. The molecule has 2 N–H and O–H groups in total. The van der Waals surface area contributed by atoms with Gasteiger partial charge in [-0.25, -0.2) is 13.8 Å². The van der Waals surface area contributed by atoms with Gasteiger partial charge in [0.15, 0.2) is 23.3 Å². The molecule has 0 aliphatic carbocycles. The van der Waals surface area contributed by atoms with Crippen LogP contribution in [0.1, 0.15) is 18.5 Å². The average molecular weight is 293 g/mol. The molecule has 0 saturated carbocycles. The van der Waals surface area contributed by atoms with Crippen LogP contribution in [0.5, 0.6) is 5.75 Å². The fourth-order valence-corrected chi connectivity index (χ4v) is 1.92. The first-order valence-corrected chi connectivity index (χ1v) is 6.49. The van der Waals surface area contributed by atoms with Crippen molar-refractivity contribution in [1.29, 1.82) is 0 Å². The van der Waals surface area contributed by atoms with Crippen LogP contribution in [-0.4, -0.2) is 19.1 Å². The fraction of sp³-hybridized carbons (Fsp3) is 0.267. The van der Waals surface area contributed by atoms with E-state index in [0.29, 0.717) is 0 Å². The van der Waals surface area contributed by atoms with E-state index in [4.69, 9.17) is 4.74 Å². The molecule has 0 amide bonds. The van der Waals surface area contributed by atoms with Gasteiger partial charge in [-0.15, -0.1) is 0 Å². The Morgan fingerprint density at radius 3 is 2.29 bits per heavy atom. The van der Waals surface area contributed by atoms with Crippen molar-refractivity contribution in [3.8, 4) is 5.75 Å². The van der Waals surface area contributed by atoms with Crippen molar-refractivity contribution in [3.05, 3.63) is 47.5 Å². The fourth-order valence-electron chi connectivity index (χ4n) is 1.92. The zero-order valence-corrected chi connectivity index (χ0v) is 12.1. The van der Waals surface area contributed by atoms with E-state index in [1.54, 1.807) is 7.11 Å². The monoisotopic (exact) mass is 293 g/mol. The van der Waals surface area contributed by atoms with Crippen LogP contribution in [0.25, 0.3) is 0 Å². The zero-order valence-electron chi connectivity index (χ0n) is 12.1. The lowest BCUT2D eigenvalue weighted by Crippen LogP contribution is -2.11. The molecule has 4 nitrogen and oxygen atoms in total. The van der Waals surface area contributed by atoms with Crippen molar-refractivity contribution < 1.29 is 13.5 Å². The van der Waals surface area contributed by atoms with Gasteiger partial charge in [0.2, 0.25) is 0 Å². The van der Waals surface area contributed by atoms with E-state index in [-0.39, 0.29) is 17.7 Å². The molecule has 1 aromatic heterocycles. The van der Waals surface area contributed by atoms with Gasteiger partial charge in [-0.3, -0.25) is 0 Å². The predicted octanol–water partition coefficient (Wildman–Crippen LogP) is 3.58. The van der Waals surface area contributed by atoms with Gasteiger partial charge < -0.3 is 15.4 Å². The lowest BCUT2D eigenvalue weighted by molar-refractivity contribution is 0.414. The maximum atomic E-state index is 13.7. The highest BCUT2D eigenvalue weighted by Gasteiger charge is 2.14. The number of halogens is 2. The maximum absolute atomic E-state index is 13.7. The maximum Gasteiger partial charge on any atom is 0.168 e. The lowest BCUT2D eigenvalue weighted by atomic mass is 10.1. The van der Waals surface area contributed by atoms with Crippen molar-refractivity contribution in [2.75, 3.05) is 24.8 Å². The predicted molar refractivity (Wildman–Crippen MR) is 78.7 cm³/mol. The number of hydrogen-bond acceptors (Lipinski definition) is 4. The van der Waals surface area contributed by atoms with Gasteiger partial charge in [0.25, 0.3) is 0 Å². The van der Waals surface area contributed by atoms with Crippen LogP contribution in [0.15, 0.2) is 30.3 Å². The van der Waals surface area contributed by atoms with Gasteiger partial charge in [-0.2, -0.15) is 0 Å².